The quantitative estimate of drug-likeness (QED) is 0.483. The van der Waals surface area contributed by atoms with E-state index in [1.165, 1.54) is 30.8 Å². The number of hydrogen-bond donors (Lipinski definition) is 0. The van der Waals surface area contributed by atoms with Crippen LogP contribution in [0.1, 0.15) is 78.1 Å². The van der Waals surface area contributed by atoms with Crippen LogP contribution in [0, 0.1) is 34.5 Å². The molecule has 23 heavy (non-hydrogen) atoms. The van der Waals surface area contributed by atoms with Crippen LogP contribution in [0.4, 0.5) is 0 Å². The van der Waals surface area contributed by atoms with Crippen molar-refractivity contribution in [2.75, 3.05) is 11.5 Å². The molecule has 0 N–H and O–H groups in total. The van der Waals surface area contributed by atoms with Crippen LogP contribution in [0.5, 0.6) is 0 Å². The summed E-state index contributed by atoms with van der Waals surface area (Å²) in [6.07, 6.45) is 15.5. The molecule has 130 valence electrons. The van der Waals surface area contributed by atoms with Crippen molar-refractivity contribution >= 4 is 23.5 Å². The molecule has 5 aliphatic rings. The number of hydrogen-bond acceptors (Lipinski definition) is 2. The summed E-state index contributed by atoms with van der Waals surface area (Å²) in [5.74, 6) is 7.12. The predicted molar refractivity (Wildman–Crippen MR) is 104 cm³/mol. The molecule has 1 spiro atoms. The minimum absolute atomic E-state index is 0.638. The highest BCUT2D eigenvalue weighted by molar-refractivity contribution is 8.21. The molecule has 6 atom stereocenters. The SMILES string of the molecule is C[C@]12CC[C@H]3[C@@H](CC[C@H]4CCCC[C@@]43C)[C@@H]1CC1(C2)SCCS1. The monoisotopic (exact) mass is 350 g/mol. The molecule has 4 saturated carbocycles. The highest BCUT2D eigenvalue weighted by Gasteiger charge is 2.62. The summed E-state index contributed by atoms with van der Waals surface area (Å²) >= 11 is 4.68. The van der Waals surface area contributed by atoms with Crippen LogP contribution < -0.4 is 0 Å². The van der Waals surface area contributed by atoms with Gasteiger partial charge in [0.15, 0.2) is 0 Å². The predicted octanol–water partition coefficient (Wildman–Crippen LogP) is 6.60. The van der Waals surface area contributed by atoms with E-state index in [4.69, 9.17) is 0 Å². The lowest BCUT2D eigenvalue weighted by Gasteiger charge is -2.60. The molecule has 0 nitrogen and oxygen atoms in total. The Labute approximate surface area is 151 Å². The van der Waals surface area contributed by atoms with Gasteiger partial charge in [0.2, 0.25) is 0 Å². The third-order valence-corrected chi connectivity index (χ3v) is 12.6. The van der Waals surface area contributed by atoms with Crippen molar-refractivity contribution in [1.82, 2.24) is 0 Å². The molecule has 0 unspecified atom stereocenters. The van der Waals surface area contributed by atoms with E-state index in [2.05, 4.69) is 37.4 Å². The Kier molecular flexibility index (Phi) is 3.70. The van der Waals surface area contributed by atoms with Gasteiger partial charge in [0, 0.05) is 11.5 Å². The van der Waals surface area contributed by atoms with Crippen molar-refractivity contribution in [3.05, 3.63) is 0 Å². The summed E-state index contributed by atoms with van der Waals surface area (Å²) in [4.78, 5) is 0. The average molecular weight is 351 g/mol. The van der Waals surface area contributed by atoms with Gasteiger partial charge in [0.05, 0.1) is 4.08 Å². The second-order valence-electron chi connectivity index (χ2n) is 10.1. The maximum Gasteiger partial charge on any atom is 0.0619 e. The second-order valence-corrected chi connectivity index (χ2v) is 13.3. The zero-order valence-corrected chi connectivity index (χ0v) is 16.7. The first-order valence-corrected chi connectivity index (χ1v) is 12.3. The minimum Gasteiger partial charge on any atom is -0.143 e. The Morgan fingerprint density at radius 2 is 1.65 bits per heavy atom. The van der Waals surface area contributed by atoms with E-state index in [1.807, 2.05) is 0 Å². The largest absolute Gasteiger partial charge is 0.143 e. The third kappa shape index (κ3) is 2.25. The van der Waals surface area contributed by atoms with Gasteiger partial charge in [-0.2, -0.15) is 0 Å². The van der Waals surface area contributed by atoms with Crippen molar-refractivity contribution in [2.45, 2.75) is 82.1 Å². The maximum atomic E-state index is 2.72. The van der Waals surface area contributed by atoms with Crippen LogP contribution in [0.2, 0.25) is 0 Å². The molecule has 4 aliphatic carbocycles. The highest BCUT2D eigenvalue weighted by Crippen LogP contribution is 2.71. The van der Waals surface area contributed by atoms with E-state index in [9.17, 15) is 0 Å². The number of rotatable bonds is 0. The highest BCUT2D eigenvalue weighted by atomic mass is 32.2. The fraction of sp³-hybridized carbons (Fsp3) is 1.00. The van der Waals surface area contributed by atoms with Crippen LogP contribution in [-0.2, 0) is 0 Å². The molecule has 0 bridgehead atoms. The first kappa shape index (κ1) is 15.9. The molecule has 1 aliphatic heterocycles. The molecular weight excluding hydrogens is 316 g/mol. The zero-order chi connectivity index (χ0) is 15.7. The van der Waals surface area contributed by atoms with Gasteiger partial charge in [-0.15, -0.1) is 23.5 Å². The zero-order valence-electron chi connectivity index (χ0n) is 15.1. The summed E-state index contributed by atoms with van der Waals surface area (Å²) in [6, 6.07) is 0. The molecule has 0 radical (unpaired) electrons. The molecule has 0 aromatic heterocycles. The Morgan fingerprint density at radius 1 is 0.826 bits per heavy atom. The van der Waals surface area contributed by atoms with Crippen molar-refractivity contribution in [1.29, 1.82) is 0 Å². The summed E-state index contributed by atoms with van der Waals surface area (Å²) in [6.45, 7) is 5.41. The molecule has 0 aromatic rings. The van der Waals surface area contributed by atoms with Crippen LogP contribution in [0.25, 0.3) is 0 Å². The minimum atomic E-state index is 0.638. The van der Waals surface area contributed by atoms with Crippen molar-refractivity contribution in [3.63, 3.8) is 0 Å². The van der Waals surface area contributed by atoms with Gasteiger partial charge in [-0.05, 0) is 85.9 Å². The van der Waals surface area contributed by atoms with E-state index in [0.29, 0.717) is 14.9 Å². The normalized spacial score (nSPS) is 54.5. The standard InChI is InChI=1S/C21H34S2/c1-19-10-8-17-16(7-6-15-5-3-4-9-20(15,17)2)18(19)13-21(14-19)22-11-12-23-21/h15-18H,3-14H2,1-2H3/t15-,16-,17+,18+,19-,20+/m1/s1. The number of fused-ring (bicyclic) bond motifs is 5. The van der Waals surface area contributed by atoms with E-state index < -0.39 is 0 Å². The summed E-state index contributed by atoms with van der Waals surface area (Å²) in [7, 11) is 0. The molecule has 1 heterocycles. The smallest absolute Gasteiger partial charge is 0.0619 e. The van der Waals surface area contributed by atoms with E-state index in [0.717, 1.165) is 23.7 Å². The van der Waals surface area contributed by atoms with Gasteiger partial charge < -0.3 is 0 Å². The van der Waals surface area contributed by atoms with E-state index >= 15 is 0 Å². The van der Waals surface area contributed by atoms with Gasteiger partial charge in [-0.25, -0.2) is 0 Å². The van der Waals surface area contributed by atoms with E-state index in [1.54, 1.807) is 44.9 Å². The van der Waals surface area contributed by atoms with Gasteiger partial charge in [-0.3, -0.25) is 0 Å². The maximum absolute atomic E-state index is 2.72. The van der Waals surface area contributed by atoms with Crippen LogP contribution in [0.15, 0.2) is 0 Å². The van der Waals surface area contributed by atoms with Crippen molar-refractivity contribution < 1.29 is 0 Å². The van der Waals surface area contributed by atoms with Gasteiger partial charge >= 0.3 is 0 Å². The molecule has 5 fully saturated rings. The molecule has 1 saturated heterocycles. The number of thioether (sulfide) groups is 2. The second kappa shape index (κ2) is 5.35. The molecule has 0 aromatic carbocycles. The first-order chi connectivity index (χ1) is 11.0. The fourth-order valence-corrected chi connectivity index (χ4v) is 11.7. The van der Waals surface area contributed by atoms with Gasteiger partial charge in [-0.1, -0.05) is 26.7 Å². The van der Waals surface area contributed by atoms with Crippen LogP contribution in [-0.4, -0.2) is 15.6 Å². The van der Waals surface area contributed by atoms with E-state index in [-0.39, 0.29) is 0 Å². The van der Waals surface area contributed by atoms with Crippen LogP contribution >= 0.6 is 23.5 Å². The van der Waals surface area contributed by atoms with Crippen LogP contribution in [0.3, 0.4) is 0 Å². The lowest BCUT2D eigenvalue weighted by molar-refractivity contribution is -0.103. The Hall–Kier alpha value is 0.700. The first-order valence-electron chi connectivity index (χ1n) is 10.3. The van der Waals surface area contributed by atoms with Crippen molar-refractivity contribution in [2.24, 2.45) is 34.5 Å². The lowest BCUT2D eigenvalue weighted by atomic mass is 9.45. The summed E-state index contributed by atoms with van der Waals surface area (Å²) in [5.41, 5.74) is 1.40. The Morgan fingerprint density at radius 3 is 2.48 bits per heavy atom. The summed E-state index contributed by atoms with van der Waals surface area (Å²) in [5, 5.41) is 0. The van der Waals surface area contributed by atoms with Crippen molar-refractivity contribution in [3.8, 4) is 0 Å². The van der Waals surface area contributed by atoms with Gasteiger partial charge in [0.1, 0.15) is 0 Å². The molecule has 0 amide bonds. The molecular formula is C21H34S2. The van der Waals surface area contributed by atoms with Gasteiger partial charge in [0.25, 0.3) is 0 Å². The fourth-order valence-electron chi connectivity index (χ4n) is 8.05. The topological polar surface area (TPSA) is 0 Å². The lowest BCUT2D eigenvalue weighted by Crippen LogP contribution is -2.51. The molecule has 2 heteroatoms. The average Bonchev–Trinajstić information content (AvgIpc) is 3.10. The molecule has 5 rings (SSSR count). The Bertz CT molecular complexity index is 482. The summed E-state index contributed by atoms with van der Waals surface area (Å²) < 4.78 is 0.638. The Balaban J connectivity index is 1.45. The third-order valence-electron chi connectivity index (χ3n) is 9.12.